The van der Waals surface area contributed by atoms with Gasteiger partial charge in [-0.2, -0.15) is 0 Å². The number of alkyl halides is 2. The Morgan fingerprint density at radius 2 is 1.25 bits per heavy atom. The van der Waals surface area contributed by atoms with Crippen LogP contribution in [-0.4, -0.2) is 11.9 Å². The molecule has 0 heterocycles. The molecule has 6 heteroatoms. The molecule has 3 aromatic carbocycles. The molecule has 0 radical (unpaired) electrons. The number of hydrogen-bond donors (Lipinski definition) is 0. The third-order valence-electron chi connectivity index (χ3n) is 4.96. The molecular formula is C30H24F2O4. The zero-order valence-corrected chi connectivity index (χ0v) is 19.6. The molecule has 0 aromatic heterocycles. The fourth-order valence-electron chi connectivity index (χ4n) is 3.03. The van der Waals surface area contributed by atoms with Crippen LogP contribution in [0.4, 0.5) is 8.78 Å². The first kappa shape index (κ1) is 26.0. The normalized spacial score (nSPS) is 11.1. The van der Waals surface area contributed by atoms with Crippen molar-refractivity contribution in [3.63, 3.8) is 0 Å². The lowest BCUT2D eigenvalue weighted by Gasteiger charge is -2.10. The predicted molar refractivity (Wildman–Crippen MR) is 138 cm³/mol. The monoisotopic (exact) mass is 486 g/mol. The molecule has 0 spiro atoms. The van der Waals surface area contributed by atoms with E-state index in [1.54, 1.807) is 30.4 Å². The highest BCUT2D eigenvalue weighted by atomic mass is 19.3. The zero-order chi connectivity index (χ0) is 26.1. The summed E-state index contributed by atoms with van der Waals surface area (Å²) in [6.07, 6.45) is 5.70. The highest BCUT2D eigenvalue weighted by Crippen LogP contribution is 2.31. The van der Waals surface area contributed by atoms with Gasteiger partial charge in [0.15, 0.2) is 0 Å². The second-order valence-electron chi connectivity index (χ2n) is 7.80. The number of carbonyl (C=O) groups is 2. The molecule has 0 saturated heterocycles. The Hall–Kier alpha value is -4.58. The molecule has 3 rings (SSSR count). The lowest BCUT2D eigenvalue weighted by molar-refractivity contribution is -0.130. The van der Waals surface area contributed by atoms with E-state index in [2.05, 4.69) is 13.2 Å². The quantitative estimate of drug-likeness (QED) is 0.136. The molecule has 0 aliphatic carbocycles. The van der Waals surface area contributed by atoms with E-state index in [4.69, 9.17) is 9.47 Å². The Labute approximate surface area is 208 Å². The minimum atomic E-state index is -2.80. The van der Waals surface area contributed by atoms with E-state index in [9.17, 15) is 18.4 Å². The van der Waals surface area contributed by atoms with Crippen molar-refractivity contribution in [3.8, 4) is 11.5 Å². The van der Waals surface area contributed by atoms with Crippen molar-refractivity contribution in [3.05, 3.63) is 119 Å². The summed E-state index contributed by atoms with van der Waals surface area (Å²) >= 11 is 0. The highest BCUT2D eigenvalue weighted by molar-refractivity contribution is 5.89. The highest BCUT2D eigenvalue weighted by Gasteiger charge is 2.17. The van der Waals surface area contributed by atoms with Crippen molar-refractivity contribution in [2.45, 2.75) is 13.3 Å². The van der Waals surface area contributed by atoms with E-state index < -0.39 is 18.4 Å². The number of benzene rings is 3. The summed E-state index contributed by atoms with van der Waals surface area (Å²) in [5.74, 6) is -1.00. The molecule has 182 valence electrons. The summed E-state index contributed by atoms with van der Waals surface area (Å²) in [5, 5.41) is 0. The number of hydrogen-bond acceptors (Lipinski definition) is 4. The van der Waals surface area contributed by atoms with Crippen LogP contribution < -0.4 is 9.47 Å². The maximum absolute atomic E-state index is 13.5. The largest absolute Gasteiger partial charge is 0.423 e. The molecule has 0 atom stereocenters. The van der Waals surface area contributed by atoms with Crippen LogP contribution in [0, 0.1) is 0 Å². The third-order valence-corrected chi connectivity index (χ3v) is 4.96. The fourth-order valence-corrected chi connectivity index (χ4v) is 3.03. The fraction of sp³-hybridized carbons (Fsp3) is 0.0667. The molecule has 36 heavy (non-hydrogen) atoms. The number of ether oxygens (including phenoxy) is 2. The van der Waals surface area contributed by atoms with Crippen molar-refractivity contribution < 1.29 is 27.8 Å². The lowest BCUT2D eigenvalue weighted by atomic mass is 10.1. The molecule has 0 unspecified atom stereocenters. The molecule has 0 fully saturated rings. The van der Waals surface area contributed by atoms with Gasteiger partial charge in [-0.1, -0.05) is 79.9 Å². The average molecular weight is 487 g/mol. The van der Waals surface area contributed by atoms with Crippen LogP contribution in [0.5, 0.6) is 11.5 Å². The van der Waals surface area contributed by atoms with Crippen LogP contribution >= 0.6 is 0 Å². The van der Waals surface area contributed by atoms with Crippen molar-refractivity contribution in [1.82, 2.24) is 0 Å². The van der Waals surface area contributed by atoms with Gasteiger partial charge >= 0.3 is 11.9 Å². The van der Waals surface area contributed by atoms with Gasteiger partial charge in [-0.25, -0.2) is 18.4 Å². The predicted octanol–water partition coefficient (Wildman–Crippen LogP) is 7.54. The third kappa shape index (κ3) is 7.46. The zero-order valence-electron chi connectivity index (χ0n) is 19.6. The van der Waals surface area contributed by atoms with Crippen molar-refractivity contribution in [2.75, 3.05) is 0 Å². The van der Waals surface area contributed by atoms with Crippen LogP contribution in [0.15, 0.2) is 91.5 Å². The summed E-state index contributed by atoms with van der Waals surface area (Å²) in [5.41, 5.74) is 3.10. The molecule has 0 aliphatic rings. The van der Waals surface area contributed by atoms with Crippen LogP contribution in [0.2, 0.25) is 0 Å². The molecule has 3 aromatic rings. The molecule has 0 bridgehead atoms. The van der Waals surface area contributed by atoms with E-state index in [1.807, 2.05) is 48.6 Å². The van der Waals surface area contributed by atoms with E-state index in [0.717, 1.165) is 22.8 Å². The van der Waals surface area contributed by atoms with E-state index in [1.165, 1.54) is 19.1 Å². The first-order chi connectivity index (χ1) is 17.2. The molecule has 0 amide bonds. The molecule has 0 N–H and O–H groups in total. The Morgan fingerprint density at radius 1 is 0.778 bits per heavy atom. The molecular weight excluding hydrogens is 462 g/mol. The Kier molecular flexibility index (Phi) is 8.84. The van der Waals surface area contributed by atoms with Gasteiger partial charge in [-0.3, -0.25) is 0 Å². The second kappa shape index (κ2) is 12.2. The number of esters is 2. The molecule has 0 aliphatic heterocycles. The first-order valence-electron chi connectivity index (χ1n) is 11.0. The SMILES string of the molecule is C=CC(=O)Oc1ccc(/C=C/c2ccc(/C=C/c3ccc(OC(=O)C(=C)C)c(C(F)F)c3)cc2)cc1. The summed E-state index contributed by atoms with van der Waals surface area (Å²) in [6.45, 7) is 8.27. The Balaban J connectivity index is 1.66. The van der Waals surface area contributed by atoms with Crippen LogP contribution in [0.25, 0.3) is 24.3 Å². The standard InChI is InChI=1S/C30H24F2O4/c1-4-28(33)35-25-16-13-23(14-17-25)10-9-21-5-7-22(8-6-21)11-12-24-15-18-27(26(19-24)29(31)32)36-30(34)20(2)3/h4-19,29H,1-2H2,3H3/b10-9+,12-11+. The summed E-state index contributed by atoms with van der Waals surface area (Å²) in [6, 6.07) is 19.0. The lowest BCUT2D eigenvalue weighted by Crippen LogP contribution is -2.10. The minimum absolute atomic E-state index is 0.127. The number of carbonyl (C=O) groups excluding carboxylic acids is 2. The minimum Gasteiger partial charge on any atom is -0.423 e. The maximum atomic E-state index is 13.5. The van der Waals surface area contributed by atoms with Gasteiger partial charge in [0.2, 0.25) is 0 Å². The maximum Gasteiger partial charge on any atom is 0.338 e. The van der Waals surface area contributed by atoms with Crippen LogP contribution in [-0.2, 0) is 9.59 Å². The number of rotatable bonds is 9. The second-order valence-corrected chi connectivity index (χ2v) is 7.80. The summed E-state index contributed by atoms with van der Waals surface area (Å²) < 4.78 is 37.0. The summed E-state index contributed by atoms with van der Waals surface area (Å²) in [4.78, 5) is 22.9. The van der Waals surface area contributed by atoms with Crippen LogP contribution in [0.1, 0.15) is 41.2 Å². The van der Waals surface area contributed by atoms with E-state index in [0.29, 0.717) is 11.3 Å². The smallest absolute Gasteiger partial charge is 0.338 e. The van der Waals surface area contributed by atoms with E-state index >= 15 is 0 Å². The summed E-state index contributed by atoms with van der Waals surface area (Å²) in [7, 11) is 0. The van der Waals surface area contributed by atoms with Gasteiger partial charge in [-0.05, 0) is 53.4 Å². The Morgan fingerprint density at radius 3 is 1.72 bits per heavy atom. The number of halogens is 2. The van der Waals surface area contributed by atoms with Gasteiger partial charge in [0, 0.05) is 11.6 Å². The van der Waals surface area contributed by atoms with Crippen molar-refractivity contribution in [2.24, 2.45) is 0 Å². The topological polar surface area (TPSA) is 52.6 Å². The molecule has 4 nitrogen and oxygen atoms in total. The first-order valence-corrected chi connectivity index (χ1v) is 11.0. The van der Waals surface area contributed by atoms with Gasteiger partial charge in [0.1, 0.15) is 11.5 Å². The van der Waals surface area contributed by atoms with Crippen molar-refractivity contribution in [1.29, 1.82) is 0 Å². The van der Waals surface area contributed by atoms with Gasteiger partial charge in [0.25, 0.3) is 6.43 Å². The van der Waals surface area contributed by atoms with Gasteiger partial charge < -0.3 is 9.47 Å². The Bertz CT molecular complexity index is 1320. The van der Waals surface area contributed by atoms with Gasteiger partial charge in [0.05, 0.1) is 5.56 Å². The van der Waals surface area contributed by atoms with Gasteiger partial charge in [-0.15, -0.1) is 0 Å². The van der Waals surface area contributed by atoms with Crippen molar-refractivity contribution >= 4 is 36.2 Å². The van der Waals surface area contributed by atoms with E-state index in [-0.39, 0.29) is 16.9 Å². The van der Waals surface area contributed by atoms with Crippen LogP contribution in [0.3, 0.4) is 0 Å². The average Bonchev–Trinajstić information content (AvgIpc) is 2.88. The molecule has 0 saturated carbocycles.